The van der Waals surface area contributed by atoms with Crippen molar-refractivity contribution in [1.29, 1.82) is 0 Å². The Hall–Kier alpha value is -0.940. The van der Waals surface area contributed by atoms with Gasteiger partial charge in [-0.2, -0.15) is 15.4 Å². The molecule has 0 saturated heterocycles. The Morgan fingerprint density at radius 1 is 1.82 bits per heavy atom. The number of hydrogen-bond donors (Lipinski definition) is 2. The third-order valence-electron chi connectivity index (χ3n) is 1.32. The van der Waals surface area contributed by atoms with E-state index < -0.39 is 0 Å². The number of ether oxygens (including phenoxy) is 1. The summed E-state index contributed by atoms with van der Waals surface area (Å²) in [6, 6.07) is -0.173. The van der Waals surface area contributed by atoms with Crippen molar-refractivity contribution in [3.63, 3.8) is 0 Å². The summed E-state index contributed by atoms with van der Waals surface area (Å²) in [7, 11) is 0. The van der Waals surface area contributed by atoms with Gasteiger partial charge in [0.2, 0.25) is 0 Å². The predicted octanol–water partition coefficient (Wildman–Crippen LogP) is -0.159. The van der Waals surface area contributed by atoms with Crippen LogP contribution in [0.5, 0.6) is 0 Å². The van der Waals surface area contributed by atoms with Gasteiger partial charge in [0.25, 0.3) is 0 Å². The molecule has 5 nitrogen and oxygen atoms in total. The van der Waals surface area contributed by atoms with E-state index in [1.165, 1.54) is 0 Å². The molecule has 62 valence electrons. The zero-order chi connectivity index (χ0) is 8.10. The summed E-state index contributed by atoms with van der Waals surface area (Å²) in [5.41, 5.74) is 6.41. The summed E-state index contributed by atoms with van der Waals surface area (Å²) in [6.45, 7) is 3.09. The molecule has 0 amide bonds. The van der Waals surface area contributed by atoms with E-state index in [0.717, 1.165) is 5.69 Å². The lowest BCUT2D eigenvalue weighted by atomic mass is 10.2. The number of nitrogens with one attached hydrogen (secondary N) is 1. The van der Waals surface area contributed by atoms with Crippen LogP contribution in [-0.2, 0) is 4.74 Å². The monoisotopic (exact) mass is 156 g/mol. The first-order valence-corrected chi connectivity index (χ1v) is 3.53. The first-order valence-electron chi connectivity index (χ1n) is 3.53. The van der Waals surface area contributed by atoms with Crippen molar-refractivity contribution in [2.45, 2.75) is 13.0 Å². The van der Waals surface area contributed by atoms with E-state index in [4.69, 9.17) is 10.5 Å². The summed E-state index contributed by atoms with van der Waals surface area (Å²) in [4.78, 5) is 0. The van der Waals surface area contributed by atoms with Crippen LogP contribution in [0.4, 0.5) is 0 Å². The molecule has 0 radical (unpaired) electrons. The first kappa shape index (κ1) is 8.16. The van der Waals surface area contributed by atoms with Crippen LogP contribution in [0.15, 0.2) is 6.20 Å². The smallest absolute Gasteiger partial charge is 0.101 e. The summed E-state index contributed by atoms with van der Waals surface area (Å²) < 4.78 is 5.11. The molecule has 1 unspecified atom stereocenters. The zero-order valence-corrected chi connectivity index (χ0v) is 6.45. The number of aromatic nitrogens is 3. The molecular formula is C6H12N4O. The molecule has 3 N–H and O–H groups in total. The molecule has 0 bridgehead atoms. The number of rotatable bonds is 4. The Bertz CT molecular complexity index is 186. The molecule has 1 aromatic rings. The highest BCUT2D eigenvalue weighted by molar-refractivity contribution is 4.97. The highest BCUT2D eigenvalue weighted by atomic mass is 16.5. The second-order valence-corrected chi connectivity index (χ2v) is 2.16. The summed E-state index contributed by atoms with van der Waals surface area (Å²) >= 11 is 0. The van der Waals surface area contributed by atoms with Gasteiger partial charge >= 0.3 is 0 Å². The number of H-pyrrole nitrogens is 1. The molecule has 1 heterocycles. The highest BCUT2D eigenvalue weighted by Gasteiger charge is 2.07. The molecule has 1 atom stereocenters. The van der Waals surface area contributed by atoms with Gasteiger partial charge < -0.3 is 10.5 Å². The quantitative estimate of drug-likeness (QED) is 0.635. The van der Waals surface area contributed by atoms with E-state index in [1.807, 2.05) is 6.92 Å². The number of nitrogens with two attached hydrogens (primary N) is 1. The number of hydrogen-bond acceptors (Lipinski definition) is 4. The lowest BCUT2D eigenvalue weighted by Gasteiger charge is -2.06. The van der Waals surface area contributed by atoms with Crippen molar-refractivity contribution in [3.8, 4) is 0 Å². The third kappa shape index (κ3) is 2.28. The van der Waals surface area contributed by atoms with Gasteiger partial charge in [0, 0.05) is 6.61 Å². The molecule has 0 aliphatic rings. The largest absolute Gasteiger partial charge is 0.380 e. The van der Waals surface area contributed by atoms with E-state index in [-0.39, 0.29) is 6.04 Å². The van der Waals surface area contributed by atoms with Crippen LogP contribution in [0.3, 0.4) is 0 Å². The Morgan fingerprint density at radius 2 is 2.64 bits per heavy atom. The van der Waals surface area contributed by atoms with E-state index in [9.17, 15) is 0 Å². The molecule has 1 rings (SSSR count). The van der Waals surface area contributed by atoms with E-state index in [2.05, 4.69) is 15.4 Å². The summed E-state index contributed by atoms with van der Waals surface area (Å²) in [5.74, 6) is 0. The van der Waals surface area contributed by atoms with Gasteiger partial charge in [0.05, 0.1) is 18.8 Å². The van der Waals surface area contributed by atoms with Gasteiger partial charge in [-0.05, 0) is 6.92 Å². The lowest BCUT2D eigenvalue weighted by Crippen LogP contribution is -2.17. The van der Waals surface area contributed by atoms with Crippen molar-refractivity contribution in [2.75, 3.05) is 13.2 Å². The van der Waals surface area contributed by atoms with E-state index >= 15 is 0 Å². The Morgan fingerprint density at radius 3 is 3.18 bits per heavy atom. The fourth-order valence-corrected chi connectivity index (χ4v) is 0.719. The average molecular weight is 156 g/mol. The van der Waals surface area contributed by atoms with Crippen molar-refractivity contribution in [3.05, 3.63) is 11.9 Å². The predicted molar refractivity (Wildman–Crippen MR) is 39.8 cm³/mol. The topological polar surface area (TPSA) is 76.8 Å². The maximum atomic E-state index is 5.68. The van der Waals surface area contributed by atoms with E-state index in [1.54, 1.807) is 6.20 Å². The molecule has 0 aliphatic carbocycles. The number of aromatic amines is 1. The molecule has 11 heavy (non-hydrogen) atoms. The van der Waals surface area contributed by atoms with Crippen LogP contribution < -0.4 is 5.73 Å². The molecule has 0 spiro atoms. The van der Waals surface area contributed by atoms with Gasteiger partial charge in [0.1, 0.15) is 5.69 Å². The Balaban J connectivity index is 2.36. The molecule has 5 heteroatoms. The maximum Gasteiger partial charge on any atom is 0.101 e. The fraction of sp³-hybridized carbons (Fsp3) is 0.667. The standard InChI is InChI=1S/C6H12N4O/c1-2-11-4-5(7)6-3-8-10-9-6/h3,5H,2,4,7H2,1H3,(H,8,9,10). The van der Waals surface area contributed by atoms with Crippen LogP contribution in [-0.4, -0.2) is 28.6 Å². The average Bonchev–Trinajstić information content (AvgIpc) is 2.52. The van der Waals surface area contributed by atoms with Gasteiger partial charge in [-0.3, -0.25) is 0 Å². The molecule has 0 fully saturated rings. The first-order chi connectivity index (χ1) is 5.34. The minimum atomic E-state index is -0.173. The Labute approximate surface area is 64.9 Å². The van der Waals surface area contributed by atoms with Crippen molar-refractivity contribution in [2.24, 2.45) is 5.73 Å². The summed E-state index contributed by atoms with van der Waals surface area (Å²) in [5, 5.41) is 9.96. The highest BCUT2D eigenvalue weighted by Crippen LogP contribution is 2.03. The van der Waals surface area contributed by atoms with Crippen LogP contribution in [0.1, 0.15) is 18.7 Å². The SMILES string of the molecule is CCOCC(N)c1cn[nH]n1. The fourth-order valence-electron chi connectivity index (χ4n) is 0.719. The van der Waals surface area contributed by atoms with Gasteiger partial charge in [0.15, 0.2) is 0 Å². The summed E-state index contributed by atoms with van der Waals surface area (Å²) in [6.07, 6.45) is 1.60. The third-order valence-corrected chi connectivity index (χ3v) is 1.32. The van der Waals surface area contributed by atoms with E-state index in [0.29, 0.717) is 13.2 Å². The van der Waals surface area contributed by atoms with Gasteiger partial charge in [-0.25, -0.2) is 0 Å². The van der Waals surface area contributed by atoms with Crippen molar-refractivity contribution < 1.29 is 4.74 Å². The zero-order valence-electron chi connectivity index (χ0n) is 6.45. The van der Waals surface area contributed by atoms with Crippen LogP contribution in [0.25, 0.3) is 0 Å². The van der Waals surface area contributed by atoms with Gasteiger partial charge in [-0.15, -0.1) is 0 Å². The maximum absolute atomic E-state index is 5.68. The lowest BCUT2D eigenvalue weighted by molar-refractivity contribution is 0.132. The molecule has 0 aliphatic heterocycles. The number of nitrogens with zero attached hydrogens (tertiary/aromatic N) is 2. The molecule has 1 aromatic heterocycles. The normalized spacial score (nSPS) is 13.3. The second kappa shape index (κ2) is 4.05. The van der Waals surface area contributed by atoms with Crippen molar-refractivity contribution in [1.82, 2.24) is 15.4 Å². The van der Waals surface area contributed by atoms with Crippen LogP contribution in [0, 0.1) is 0 Å². The van der Waals surface area contributed by atoms with Crippen LogP contribution in [0.2, 0.25) is 0 Å². The molecule has 0 aromatic carbocycles. The molecular weight excluding hydrogens is 144 g/mol. The minimum Gasteiger partial charge on any atom is -0.380 e. The Kier molecular flexibility index (Phi) is 3.00. The minimum absolute atomic E-state index is 0.173. The van der Waals surface area contributed by atoms with Gasteiger partial charge in [-0.1, -0.05) is 0 Å². The molecule has 0 saturated carbocycles. The second-order valence-electron chi connectivity index (χ2n) is 2.16. The van der Waals surface area contributed by atoms with Crippen LogP contribution >= 0.6 is 0 Å². The van der Waals surface area contributed by atoms with Crippen molar-refractivity contribution >= 4 is 0 Å².